The minimum atomic E-state index is -0.283. The molecule has 0 bridgehead atoms. The Labute approximate surface area is 186 Å². The molecule has 2 amide bonds. The highest BCUT2D eigenvalue weighted by Crippen LogP contribution is 2.27. The molecule has 8 heteroatoms. The Morgan fingerprint density at radius 1 is 0.906 bits per heavy atom. The fraction of sp³-hybridized carbons (Fsp3) is 0.208. The summed E-state index contributed by atoms with van der Waals surface area (Å²) >= 11 is 0. The lowest BCUT2D eigenvalue weighted by molar-refractivity contribution is 0.0947. The predicted octanol–water partition coefficient (Wildman–Crippen LogP) is 3.22. The number of hydrogen-bond acceptors (Lipinski definition) is 6. The van der Waals surface area contributed by atoms with Gasteiger partial charge in [-0.25, -0.2) is 0 Å². The Morgan fingerprint density at radius 3 is 2.44 bits per heavy atom. The van der Waals surface area contributed by atoms with Crippen molar-refractivity contribution in [3.05, 3.63) is 77.6 Å². The van der Waals surface area contributed by atoms with Gasteiger partial charge in [-0.3, -0.25) is 14.6 Å². The van der Waals surface area contributed by atoms with Gasteiger partial charge in [-0.05, 0) is 48.4 Å². The maximum Gasteiger partial charge on any atom is 0.269 e. The Bertz CT molecular complexity index is 1100. The van der Waals surface area contributed by atoms with Crippen molar-refractivity contribution in [3.8, 4) is 23.0 Å². The van der Waals surface area contributed by atoms with Gasteiger partial charge in [0, 0.05) is 31.4 Å². The summed E-state index contributed by atoms with van der Waals surface area (Å²) in [7, 11) is 4.62. The summed E-state index contributed by atoms with van der Waals surface area (Å²) in [6.45, 7) is 0.451. The first-order valence-electron chi connectivity index (χ1n) is 9.99. The molecule has 8 nitrogen and oxygen atoms in total. The summed E-state index contributed by atoms with van der Waals surface area (Å²) in [5.41, 5.74) is 1.76. The number of amides is 2. The number of methoxy groups -OCH3 is 2. The predicted molar refractivity (Wildman–Crippen MR) is 120 cm³/mol. The molecule has 2 aromatic carbocycles. The van der Waals surface area contributed by atoms with E-state index in [1.165, 1.54) is 13.3 Å². The highest BCUT2D eigenvalue weighted by molar-refractivity contribution is 5.95. The van der Waals surface area contributed by atoms with Crippen molar-refractivity contribution in [1.82, 2.24) is 15.6 Å². The molecule has 0 fully saturated rings. The lowest BCUT2D eigenvalue weighted by Gasteiger charge is -2.11. The van der Waals surface area contributed by atoms with E-state index >= 15 is 0 Å². The molecule has 0 aliphatic carbocycles. The van der Waals surface area contributed by atoms with Crippen molar-refractivity contribution >= 4 is 11.8 Å². The van der Waals surface area contributed by atoms with E-state index in [-0.39, 0.29) is 17.5 Å². The molecule has 3 aromatic rings. The number of carbonyl (C=O) groups is 2. The number of carbonyl (C=O) groups excluding carboxylic acids is 2. The van der Waals surface area contributed by atoms with Crippen LogP contribution in [-0.2, 0) is 6.42 Å². The SMILES string of the molecule is CNC(=O)c1cc(Oc2cccc(CCNC(=O)c3ccc(OC)c(OC)c3)c2)ccn1. The normalized spacial score (nSPS) is 10.2. The minimum absolute atomic E-state index is 0.197. The van der Waals surface area contributed by atoms with Crippen LogP contribution in [0.3, 0.4) is 0 Å². The third-order valence-corrected chi connectivity index (χ3v) is 4.67. The Balaban J connectivity index is 1.58. The van der Waals surface area contributed by atoms with Gasteiger partial charge in [-0.15, -0.1) is 0 Å². The molecule has 0 aliphatic heterocycles. The number of rotatable bonds is 9. The van der Waals surface area contributed by atoms with Crippen molar-refractivity contribution in [1.29, 1.82) is 0 Å². The molecule has 0 saturated heterocycles. The van der Waals surface area contributed by atoms with Gasteiger partial charge in [0.2, 0.25) is 0 Å². The third-order valence-electron chi connectivity index (χ3n) is 4.67. The van der Waals surface area contributed by atoms with E-state index in [0.29, 0.717) is 41.5 Å². The fourth-order valence-corrected chi connectivity index (χ4v) is 3.03. The number of pyridine rings is 1. The van der Waals surface area contributed by atoms with Crippen LogP contribution in [0.25, 0.3) is 0 Å². The van der Waals surface area contributed by atoms with Gasteiger partial charge in [0.05, 0.1) is 14.2 Å². The molecule has 0 atom stereocenters. The average Bonchev–Trinajstić information content (AvgIpc) is 2.83. The topological polar surface area (TPSA) is 98.8 Å². The maximum absolute atomic E-state index is 12.5. The van der Waals surface area contributed by atoms with Gasteiger partial charge < -0.3 is 24.8 Å². The van der Waals surface area contributed by atoms with Gasteiger partial charge in [-0.1, -0.05) is 12.1 Å². The molecule has 32 heavy (non-hydrogen) atoms. The molecule has 1 heterocycles. The van der Waals surface area contributed by atoms with E-state index in [4.69, 9.17) is 14.2 Å². The molecular weight excluding hydrogens is 410 g/mol. The van der Waals surface area contributed by atoms with Crippen LogP contribution in [0, 0.1) is 0 Å². The number of aromatic nitrogens is 1. The van der Waals surface area contributed by atoms with Crippen molar-refractivity contribution < 1.29 is 23.8 Å². The largest absolute Gasteiger partial charge is 0.493 e. The molecule has 0 unspecified atom stereocenters. The molecule has 3 rings (SSSR count). The van der Waals surface area contributed by atoms with E-state index in [1.807, 2.05) is 24.3 Å². The van der Waals surface area contributed by atoms with Crippen LogP contribution in [0.15, 0.2) is 60.8 Å². The van der Waals surface area contributed by atoms with Gasteiger partial charge in [-0.2, -0.15) is 0 Å². The van der Waals surface area contributed by atoms with Gasteiger partial charge in [0.15, 0.2) is 11.5 Å². The van der Waals surface area contributed by atoms with Crippen molar-refractivity contribution in [3.63, 3.8) is 0 Å². The van der Waals surface area contributed by atoms with Crippen LogP contribution >= 0.6 is 0 Å². The molecule has 0 radical (unpaired) electrons. The second-order valence-electron chi connectivity index (χ2n) is 6.78. The van der Waals surface area contributed by atoms with E-state index in [9.17, 15) is 9.59 Å². The Hall–Kier alpha value is -4.07. The summed E-state index contributed by atoms with van der Waals surface area (Å²) in [5.74, 6) is 1.73. The quantitative estimate of drug-likeness (QED) is 0.536. The first-order chi connectivity index (χ1) is 15.5. The molecule has 0 saturated carbocycles. The highest BCUT2D eigenvalue weighted by atomic mass is 16.5. The monoisotopic (exact) mass is 435 g/mol. The van der Waals surface area contributed by atoms with Crippen LogP contribution in [0.4, 0.5) is 0 Å². The number of ether oxygens (including phenoxy) is 3. The van der Waals surface area contributed by atoms with Crippen molar-refractivity contribution in [2.24, 2.45) is 0 Å². The van der Waals surface area contributed by atoms with Crippen molar-refractivity contribution in [2.45, 2.75) is 6.42 Å². The Kier molecular flexibility index (Phi) is 7.64. The number of hydrogen-bond donors (Lipinski definition) is 2. The second-order valence-corrected chi connectivity index (χ2v) is 6.78. The standard InChI is InChI=1S/C24H25N3O5/c1-25-24(29)20-15-19(10-12-26-20)32-18-6-4-5-16(13-18)9-11-27-23(28)17-7-8-21(30-2)22(14-17)31-3/h4-8,10,12-15H,9,11H2,1-3H3,(H,25,29)(H,27,28). The fourth-order valence-electron chi connectivity index (χ4n) is 3.03. The van der Waals surface area contributed by atoms with Crippen LogP contribution in [-0.4, -0.2) is 44.6 Å². The lowest BCUT2D eigenvalue weighted by atomic mass is 10.1. The second kappa shape index (κ2) is 10.8. The Morgan fingerprint density at radius 2 is 1.69 bits per heavy atom. The van der Waals surface area contributed by atoms with Crippen LogP contribution in [0.2, 0.25) is 0 Å². The van der Waals surface area contributed by atoms with Crippen LogP contribution < -0.4 is 24.8 Å². The number of nitrogens with zero attached hydrogens (tertiary/aromatic N) is 1. The van der Waals surface area contributed by atoms with E-state index < -0.39 is 0 Å². The minimum Gasteiger partial charge on any atom is -0.493 e. The van der Waals surface area contributed by atoms with E-state index in [0.717, 1.165) is 5.56 Å². The summed E-state index contributed by atoms with van der Waals surface area (Å²) in [5, 5.41) is 5.44. The zero-order valence-corrected chi connectivity index (χ0v) is 18.2. The summed E-state index contributed by atoms with van der Waals surface area (Å²) in [6.07, 6.45) is 2.14. The number of nitrogens with one attached hydrogen (secondary N) is 2. The highest BCUT2D eigenvalue weighted by Gasteiger charge is 2.11. The summed E-state index contributed by atoms with van der Waals surface area (Å²) < 4.78 is 16.3. The van der Waals surface area contributed by atoms with Crippen LogP contribution in [0.1, 0.15) is 26.4 Å². The van der Waals surface area contributed by atoms with Gasteiger partial charge in [0.1, 0.15) is 17.2 Å². The molecule has 166 valence electrons. The average molecular weight is 435 g/mol. The molecule has 0 spiro atoms. The molecular formula is C24H25N3O5. The van der Waals surface area contributed by atoms with Crippen LogP contribution in [0.5, 0.6) is 23.0 Å². The van der Waals surface area contributed by atoms with E-state index in [1.54, 1.807) is 44.5 Å². The zero-order chi connectivity index (χ0) is 22.9. The van der Waals surface area contributed by atoms with Gasteiger partial charge >= 0.3 is 0 Å². The van der Waals surface area contributed by atoms with Crippen molar-refractivity contribution in [2.75, 3.05) is 27.8 Å². The summed E-state index contributed by atoms with van der Waals surface area (Å²) in [6, 6.07) is 15.8. The summed E-state index contributed by atoms with van der Waals surface area (Å²) in [4.78, 5) is 28.2. The maximum atomic E-state index is 12.5. The smallest absolute Gasteiger partial charge is 0.269 e. The molecule has 2 N–H and O–H groups in total. The number of benzene rings is 2. The third kappa shape index (κ3) is 5.75. The zero-order valence-electron chi connectivity index (χ0n) is 18.2. The molecule has 0 aliphatic rings. The first kappa shape index (κ1) is 22.6. The first-order valence-corrected chi connectivity index (χ1v) is 9.99. The molecule has 1 aromatic heterocycles. The van der Waals surface area contributed by atoms with E-state index in [2.05, 4.69) is 15.6 Å². The van der Waals surface area contributed by atoms with Gasteiger partial charge in [0.25, 0.3) is 11.8 Å². The lowest BCUT2D eigenvalue weighted by Crippen LogP contribution is -2.25.